The summed E-state index contributed by atoms with van der Waals surface area (Å²) >= 11 is 6.35. The molecule has 1 aromatic carbocycles. The highest BCUT2D eigenvalue weighted by atomic mass is 35.5. The van der Waals surface area contributed by atoms with E-state index in [0.29, 0.717) is 37.3 Å². The molecule has 0 radical (unpaired) electrons. The second kappa shape index (κ2) is 10.6. The molecule has 3 aliphatic rings. The number of ether oxygens (including phenoxy) is 2. The van der Waals surface area contributed by atoms with Crippen LogP contribution in [0.2, 0.25) is 5.02 Å². The van der Waals surface area contributed by atoms with Gasteiger partial charge in [-0.1, -0.05) is 17.7 Å². The summed E-state index contributed by atoms with van der Waals surface area (Å²) in [6.07, 6.45) is 1.77. The van der Waals surface area contributed by atoms with Crippen LogP contribution in [-0.4, -0.2) is 84.6 Å². The lowest BCUT2D eigenvalue weighted by Crippen LogP contribution is -2.42. The maximum Gasteiger partial charge on any atom is 0.249 e. The molecule has 4 heterocycles. The lowest BCUT2D eigenvalue weighted by Gasteiger charge is -2.40. The van der Waals surface area contributed by atoms with Crippen molar-refractivity contribution < 1.29 is 14.0 Å². The number of pyridine rings is 1. The van der Waals surface area contributed by atoms with Crippen LogP contribution in [0.25, 0.3) is 0 Å². The van der Waals surface area contributed by atoms with Gasteiger partial charge in [-0.15, -0.1) is 0 Å². The molecule has 1 atom stereocenters. The van der Waals surface area contributed by atoms with Gasteiger partial charge in [0, 0.05) is 43.0 Å². The summed E-state index contributed by atoms with van der Waals surface area (Å²) < 4.78 is 22.6. The van der Waals surface area contributed by atoms with Crippen molar-refractivity contribution in [1.82, 2.24) is 14.3 Å². The first-order valence-electron chi connectivity index (χ1n) is 11.2. The minimum absolute atomic E-state index is 0.278. The summed E-state index contributed by atoms with van der Waals surface area (Å²) in [6.45, 7) is 8.17. The number of rotatable bonds is 4. The predicted octanol–water partition coefficient (Wildman–Crippen LogP) is 3.91. The van der Waals surface area contributed by atoms with E-state index in [1.165, 1.54) is 0 Å². The molecule has 174 valence electrons. The molecule has 2 fully saturated rings. The number of aliphatic imine (C=N–C) groups is 2. The van der Waals surface area contributed by atoms with Crippen molar-refractivity contribution in [2.24, 2.45) is 9.98 Å². The quantitative estimate of drug-likeness (QED) is 0.609. The fraction of sp³-hybridized carbons (Fsp3) is 0.435. The Bertz CT molecular complexity index is 1010. The third-order valence-electron chi connectivity index (χ3n) is 5.67. The smallest absolute Gasteiger partial charge is 0.249 e. The molecule has 0 bridgehead atoms. The number of benzene rings is 1. The molecule has 10 heteroatoms. The number of fused-ring (bicyclic) bond motifs is 1. The molecule has 8 nitrogen and oxygen atoms in total. The van der Waals surface area contributed by atoms with Gasteiger partial charge >= 0.3 is 0 Å². The van der Waals surface area contributed by atoms with Gasteiger partial charge in [0.05, 0.1) is 43.5 Å². The van der Waals surface area contributed by atoms with Crippen LogP contribution in [-0.2, 0) is 14.0 Å². The van der Waals surface area contributed by atoms with Crippen LogP contribution in [0.15, 0.2) is 52.6 Å². The van der Waals surface area contributed by atoms with E-state index in [1.807, 2.05) is 43.3 Å². The molecule has 2 saturated heterocycles. The maximum atomic E-state index is 6.73. The highest BCUT2D eigenvalue weighted by Gasteiger charge is 2.34. The van der Waals surface area contributed by atoms with Crippen molar-refractivity contribution in [3.63, 3.8) is 0 Å². The summed E-state index contributed by atoms with van der Waals surface area (Å²) in [4.78, 5) is 14.5. The zero-order chi connectivity index (χ0) is 22.6. The lowest BCUT2D eigenvalue weighted by molar-refractivity contribution is 0.0522. The first-order chi connectivity index (χ1) is 16.2. The molecule has 0 spiro atoms. The normalized spacial score (nSPS) is 22.3. The first-order valence-corrected chi connectivity index (χ1v) is 12.7. The summed E-state index contributed by atoms with van der Waals surface area (Å²) in [6, 6.07) is 11.2. The lowest BCUT2D eigenvalue weighted by atomic mass is 10.0. The first kappa shape index (κ1) is 22.8. The van der Waals surface area contributed by atoms with Crippen molar-refractivity contribution in [3.05, 3.63) is 58.9 Å². The average molecular weight is 488 g/mol. The molecule has 33 heavy (non-hydrogen) atoms. The van der Waals surface area contributed by atoms with Crippen LogP contribution in [0.1, 0.15) is 18.2 Å². The van der Waals surface area contributed by atoms with Gasteiger partial charge in [0.15, 0.2) is 0 Å². The third-order valence-corrected chi connectivity index (χ3v) is 8.02. The highest BCUT2D eigenvalue weighted by Crippen LogP contribution is 2.47. The van der Waals surface area contributed by atoms with E-state index < -0.39 is 8.45 Å². The van der Waals surface area contributed by atoms with Crippen LogP contribution < -0.4 is 0 Å². The van der Waals surface area contributed by atoms with Gasteiger partial charge in [0.2, 0.25) is 14.3 Å². The highest BCUT2D eigenvalue weighted by molar-refractivity contribution is 7.48. The van der Waals surface area contributed by atoms with Crippen molar-refractivity contribution >= 4 is 37.3 Å². The standard InChI is InChI=1S/C23H27ClN5O3P/c1-17-23(32-33(28-8-12-30-13-9-28)29-10-14-31-15-11-29)27-20-6-5-18(24)16-19(20)22(26-17)21-4-2-3-7-25-21/h2-7,16-17H,8-15H2,1H3/t17-/m0/s1. The summed E-state index contributed by atoms with van der Waals surface area (Å²) in [5.41, 5.74) is 3.19. The Kier molecular flexibility index (Phi) is 7.30. The van der Waals surface area contributed by atoms with E-state index in [9.17, 15) is 0 Å². The zero-order valence-corrected chi connectivity index (χ0v) is 20.2. The van der Waals surface area contributed by atoms with Crippen LogP contribution in [0.3, 0.4) is 0 Å². The van der Waals surface area contributed by atoms with Gasteiger partial charge in [-0.3, -0.25) is 9.98 Å². The Morgan fingerprint density at radius 3 is 2.33 bits per heavy atom. The number of nitrogens with zero attached hydrogens (tertiary/aromatic N) is 5. The Labute approximate surface area is 200 Å². The maximum absolute atomic E-state index is 6.73. The molecular weight excluding hydrogens is 461 g/mol. The zero-order valence-electron chi connectivity index (χ0n) is 18.6. The Morgan fingerprint density at radius 1 is 1.00 bits per heavy atom. The van der Waals surface area contributed by atoms with Crippen molar-refractivity contribution in [2.75, 3.05) is 52.6 Å². The van der Waals surface area contributed by atoms with E-state index in [1.54, 1.807) is 6.20 Å². The number of aromatic nitrogens is 1. The second-order valence-corrected chi connectivity index (χ2v) is 10.2. The minimum Gasteiger partial charge on any atom is -0.428 e. The molecule has 3 aliphatic heterocycles. The second-order valence-electron chi connectivity index (χ2n) is 7.96. The van der Waals surface area contributed by atoms with E-state index >= 15 is 0 Å². The summed E-state index contributed by atoms with van der Waals surface area (Å²) in [5, 5.41) is 0.633. The van der Waals surface area contributed by atoms with Crippen molar-refractivity contribution in [1.29, 1.82) is 0 Å². The fourth-order valence-corrected chi connectivity index (χ4v) is 6.09. The van der Waals surface area contributed by atoms with Crippen molar-refractivity contribution in [2.45, 2.75) is 13.0 Å². The third kappa shape index (κ3) is 5.27. The molecule has 0 N–H and O–H groups in total. The van der Waals surface area contributed by atoms with Gasteiger partial charge in [-0.2, -0.15) is 0 Å². The Hall–Kier alpha value is -1.93. The molecule has 0 saturated carbocycles. The fourth-order valence-electron chi connectivity index (χ4n) is 3.96. The minimum atomic E-state index is -1.06. The van der Waals surface area contributed by atoms with Crippen LogP contribution >= 0.6 is 20.1 Å². The molecule has 0 unspecified atom stereocenters. The Balaban J connectivity index is 1.51. The van der Waals surface area contributed by atoms with Gasteiger partial charge < -0.3 is 14.0 Å². The number of halogens is 1. The molecule has 0 aliphatic carbocycles. The summed E-state index contributed by atoms with van der Waals surface area (Å²) in [7, 11) is -1.06. The Morgan fingerprint density at radius 2 is 1.70 bits per heavy atom. The van der Waals surface area contributed by atoms with E-state index in [-0.39, 0.29) is 6.04 Å². The topological polar surface area (TPSA) is 71.8 Å². The van der Waals surface area contributed by atoms with Gasteiger partial charge in [0.25, 0.3) is 0 Å². The number of morpholine rings is 2. The summed E-state index contributed by atoms with van der Waals surface area (Å²) in [5.74, 6) is 0.605. The van der Waals surface area contributed by atoms with E-state index in [4.69, 9.17) is 35.6 Å². The van der Waals surface area contributed by atoms with Gasteiger partial charge in [0.1, 0.15) is 6.04 Å². The SMILES string of the molecule is C[C@@H]1N=C(c2ccccn2)c2cc(Cl)ccc2N=C1OP(N1CCOCC1)N1CCOCC1. The largest absolute Gasteiger partial charge is 0.428 e. The van der Waals surface area contributed by atoms with E-state index in [0.717, 1.165) is 48.8 Å². The van der Waals surface area contributed by atoms with Crippen molar-refractivity contribution in [3.8, 4) is 0 Å². The molecule has 1 aromatic heterocycles. The van der Waals surface area contributed by atoms with Gasteiger partial charge in [-0.05, 0) is 37.3 Å². The molecule has 0 amide bonds. The molecular formula is C23H27ClN5O3P. The predicted molar refractivity (Wildman–Crippen MR) is 131 cm³/mol. The molecule has 5 rings (SSSR count). The molecule has 2 aromatic rings. The monoisotopic (exact) mass is 487 g/mol. The van der Waals surface area contributed by atoms with Crippen LogP contribution in [0, 0.1) is 0 Å². The number of hydrogen-bond donors (Lipinski definition) is 0. The van der Waals surface area contributed by atoms with Crippen LogP contribution in [0.5, 0.6) is 0 Å². The number of hydrogen-bond acceptors (Lipinski definition) is 8. The van der Waals surface area contributed by atoms with Crippen LogP contribution in [0.4, 0.5) is 5.69 Å². The van der Waals surface area contributed by atoms with Gasteiger partial charge in [-0.25, -0.2) is 14.3 Å². The van der Waals surface area contributed by atoms with E-state index in [2.05, 4.69) is 14.3 Å². The average Bonchev–Trinajstić information content (AvgIpc) is 3.00.